The van der Waals surface area contributed by atoms with Crippen LogP contribution in [-0.2, 0) is 12.6 Å². The molecule has 5 N–H and O–H groups in total. The Morgan fingerprint density at radius 3 is 1.43 bits per heavy atom. The fourth-order valence-corrected chi connectivity index (χ4v) is 2.93. The van der Waals surface area contributed by atoms with Crippen LogP contribution in [0.1, 0.15) is 0 Å². The Kier molecular flexibility index (Phi) is 32.0. The number of aromatic nitrogens is 5. The van der Waals surface area contributed by atoms with Gasteiger partial charge < -0.3 is 18.1 Å². The largest absolute Gasteiger partial charge is 1.00 e. The third-order valence-corrected chi connectivity index (χ3v) is 5.39. The van der Waals surface area contributed by atoms with E-state index in [9.17, 15) is 0 Å². The van der Waals surface area contributed by atoms with E-state index in [2.05, 4.69) is 44.3 Å². The Bertz CT molecular complexity index is 1200. The van der Waals surface area contributed by atoms with E-state index in [4.69, 9.17) is 38.8 Å². The van der Waals surface area contributed by atoms with Crippen LogP contribution in [-0.4, -0.2) is 37.3 Å². The third-order valence-electron chi connectivity index (χ3n) is 3.80. The molecule has 0 radical (unpaired) electrons. The standard InChI is InChI=1S/C6H8NOS.C5H5ClNO.C5H4ClN.C5H5NOS.C5H5N.Cl2.Na.H2O/c1-9-6-4-2-3-5-7(6)8;6-5-3-1-2-4-7(5)8;6-5-3-1-2-4-7-5;7-6-4-2-1-3-5(6)8;1-2-4-6-5-3-1;1-2;;/h2-5,8H,1H3;1-4,8H;1-4H;1-4,7H;1-5H;;;1H2/q2*+1;;;;;+1;. The Morgan fingerprint density at radius 2 is 1.17 bits per heavy atom. The van der Waals surface area contributed by atoms with Crippen LogP contribution in [0.25, 0.3) is 0 Å². The van der Waals surface area contributed by atoms with Crippen molar-refractivity contribution in [2.75, 3.05) is 6.26 Å². The molecule has 0 aliphatic carbocycles. The van der Waals surface area contributed by atoms with Crippen LogP contribution in [0.3, 0.4) is 0 Å². The number of nitrogens with zero attached hydrogens (tertiary/aromatic N) is 5. The average molecular weight is 704 g/mol. The zero-order chi connectivity index (χ0) is 30.0. The van der Waals surface area contributed by atoms with E-state index in [1.54, 1.807) is 73.3 Å². The minimum atomic E-state index is 0. The summed E-state index contributed by atoms with van der Waals surface area (Å²) in [6, 6.07) is 26.8. The predicted octanol–water partition coefficient (Wildman–Crippen LogP) is 2.29. The number of hydrogen-bond acceptors (Lipinski definition) is 7. The first-order chi connectivity index (χ1) is 19.3. The summed E-state index contributed by atoms with van der Waals surface area (Å²) < 4.78 is 2.85. The van der Waals surface area contributed by atoms with E-state index in [1.807, 2.05) is 48.7 Å². The Balaban J connectivity index is -0.000000443. The first kappa shape index (κ1) is 44.3. The van der Waals surface area contributed by atoms with Crippen LogP contribution >= 0.6 is 56.7 Å². The summed E-state index contributed by atoms with van der Waals surface area (Å²) in [6.45, 7) is 0. The Labute approximate surface area is 296 Å². The van der Waals surface area contributed by atoms with E-state index in [-0.39, 0.29) is 35.0 Å². The van der Waals surface area contributed by atoms with Gasteiger partial charge in [-0.2, -0.15) is 0 Å². The molecule has 16 heteroatoms. The molecule has 0 aliphatic heterocycles. The number of hydrogen-bond donors (Lipinski definition) is 3. The first-order valence-electron chi connectivity index (χ1n) is 10.9. The van der Waals surface area contributed by atoms with Crippen molar-refractivity contribution in [1.29, 1.82) is 0 Å². The number of pyridine rings is 5. The van der Waals surface area contributed by atoms with E-state index in [1.165, 1.54) is 24.2 Å². The molecule has 0 atom stereocenters. The van der Waals surface area contributed by atoms with Gasteiger partial charge in [0.05, 0.1) is 0 Å². The molecule has 9 nitrogen and oxygen atoms in total. The number of thioether (sulfide) groups is 1. The average Bonchev–Trinajstić information content (AvgIpc) is 3.00. The van der Waals surface area contributed by atoms with Crippen LogP contribution in [0.4, 0.5) is 0 Å². The molecule has 0 aromatic carbocycles. The Morgan fingerprint density at radius 1 is 0.667 bits per heavy atom. The number of rotatable bonds is 1. The maximum atomic E-state index is 9.01. The molecule has 0 aliphatic rings. The summed E-state index contributed by atoms with van der Waals surface area (Å²) in [5.74, 6) is 0. The molecule has 0 saturated heterocycles. The van der Waals surface area contributed by atoms with Gasteiger partial charge in [-0.3, -0.25) is 20.6 Å². The zero-order valence-electron chi connectivity index (χ0n) is 22.5. The van der Waals surface area contributed by atoms with Gasteiger partial charge in [-0.05, 0) is 65.1 Å². The molecule has 0 unspecified atom stereocenters. The van der Waals surface area contributed by atoms with Gasteiger partial charge in [0, 0.05) is 80.1 Å². The second-order valence-electron chi connectivity index (χ2n) is 6.52. The SMILES string of the molecule is CSc1cccc[n+]1O.ClCl.Clc1ccccn1.O.O[n+]1ccccc1Cl.O[n+]1ccccc1[S-].[Na+].c1ccncc1. The van der Waals surface area contributed by atoms with Crippen molar-refractivity contribution in [1.82, 2.24) is 9.97 Å². The quantitative estimate of drug-likeness (QED) is 0.0611. The monoisotopic (exact) mass is 702 g/mol. The molecule has 0 bridgehead atoms. The molecule has 5 rings (SSSR count). The first-order valence-corrected chi connectivity index (χ1v) is 14.4. The second kappa shape index (κ2) is 30.3. The van der Waals surface area contributed by atoms with E-state index in [0.29, 0.717) is 15.3 Å². The van der Waals surface area contributed by atoms with Crippen LogP contribution in [0.2, 0.25) is 10.3 Å². The van der Waals surface area contributed by atoms with Crippen LogP contribution in [0.15, 0.2) is 138 Å². The fourth-order valence-electron chi connectivity index (χ4n) is 2.07. The van der Waals surface area contributed by atoms with Crippen molar-refractivity contribution < 1.29 is 64.8 Å². The molecule has 5 aromatic rings. The Hall–Kier alpha value is -2.16. The van der Waals surface area contributed by atoms with Gasteiger partial charge in [-0.1, -0.05) is 41.6 Å². The van der Waals surface area contributed by atoms with Crippen LogP contribution in [0, 0.1) is 0 Å². The summed E-state index contributed by atoms with van der Waals surface area (Å²) in [4.78, 5) is 7.53. The van der Waals surface area contributed by atoms with Gasteiger partial charge in [0.2, 0.25) is 18.6 Å². The summed E-state index contributed by atoms with van der Waals surface area (Å²) in [6.07, 6.45) is 11.6. The topological polar surface area (TPSA) is 130 Å². The van der Waals surface area contributed by atoms with E-state index < -0.39 is 0 Å². The van der Waals surface area contributed by atoms with Crippen molar-refractivity contribution in [3.63, 3.8) is 0 Å². The summed E-state index contributed by atoms with van der Waals surface area (Å²) in [5.41, 5.74) is 0. The van der Waals surface area contributed by atoms with Crippen molar-refractivity contribution in [2.45, 2.75) is 10.1 Å². The molecule has 5 heterocycles. The minimum absolute atomic E-state index is 0. The minimum Gasteiger partial charge on any atom is -0.705 e. The molecule has 220 valence electrons. The molecule has 5 aromatic heterocycles. The van der Waals surface area contributed by atoms with E-state index in [0.717, 1.165) is 19.2 Å². The van der Waals surface area contributed by atoms with Gasteiger partial charge in [-0.25, -0.2) is 4.98 Å². The van der Waals surface area contributed by atoms with Crippen molar-refractivity contribution in [3.8, 4) is 0 Å². The molecular weight excluding hydrogens is 675 g/mol. The zero-order valence-corrected chi connectivity index (χ0v) is 29.2. The maximum Gasteiger partial charge on any atom is 1.00 e. The third kappa shape index (κ3) is 23.4. The second-order valence-corrected chi connectivity index (χ2v) is 8.54. The molecule has 0 spiro atoms. The fraction of sp³-hybridized carbons (Fsp3) is 0.0385. The predicted molar refractivity (Wildman–Crippen MR) is 163 cm³/mol. The normalized spacial score (nSPS) is 8.21. The molecular formula is C26H29Cl4N5NaO4S2+3. The molecule has 0 fully saturated rings. The maximum absolute atomic E-state index is 9.01. The summed E-state index contributed by atoms with van der Waals surface area (Å²) in [5, 5.41) is 28.6. The smallest absolute Gasteiger partial charge is 0.705 e. The van der Waals surface area contributed by atoms with Gasteiger partial charge in [0.15, 0.2) is 0 Å². The van der Waals surface area contributed by atoms with Gasteiger partial charge >= 0.3 is 34.7 Å². The van der Waals surface area contributed by atoms with Gasteiger partial charge in [0.25, 0.3) is 5.03 Å². The van der Waals surface area contributed by atoms with Gasteiger partial charge in [0.1, 0.15) is 10.2 Å². The van der Waals surface area contributed by atoms with Crippen molar-refractivity contribution >= 4 is 69.3 Å². The van der Waals surface area contributed by atoms with Gasteiger partial charge in [-0.15, -0.1) is 0 Å². The van der Waals surface area contributed by atoms with E-state index >= 15 is 0 Å². The molecule has 0 amide bonds. The number of halogens is 4. The van der Waals surface area contributed by atoms with Crippen LogP contribution < -0.4 is 43.7 Å². The van der Waals surface area contributed by atoms with Crippen molar-refractivity contribution in [2.24, 2.45) is 0 Å². The van der Waals surface area contributed by atoms with Crippen LogP contribution in [0.5, 0.6) is 0 Å². The molecule has 42 heavy (non-hydrogen) atoms. The molecule has 0 saturated carbocycles. The van der Waals surface area contributed by atoms with Crippen molar-refractivity contribution in [3.05, 3.63) is 138 Å². The summed E-state index contributed by atoms with van der Waals surface area (Å²) in [7, 11) is 8.22. The summed E-state index contributed by atoms with van der Waals surface area (Å²) >= 11 is 17.0.